The summed E-state index contributed by atoms with van der Waals surface area (Å²) in [6.45, 7) is 0. The first kappa shape index (κ1) is 5.64. The number of aromatic amines is 1. The molecule has 0 aliphatic rings. The van der Waals surface area contributed by atoms with Gasteiger partial charge in [-0.1, -0.05) is 0 Å². The van der Waals surface area contributed by atoms with Crippen molar-refractivity contribution in [1.29, 1.82) is 0 Å². The molecule has 0 spiro atoms. The van der Waals surface area contributed by atoms with E-state index in [9.17, 15) is 0 Å². The highest BCUT2D eigenvalue weighted by Crippen LogP contribution is 2.12. The van der Waals surface area contributed by atoms with Crippen LogP contribution in [-0.2, 0) is 0 Å². The van der Waals surface area contributed by atoms with Gasteiger partial charge in [0.15, 0.2) is 11.3 Å². The van der Waals surface area contributed by atoms with Crippen molar-refractivity contribution in [3.63, 3.8) is 0 Å². The summed E-state index contributed by atoms with van der Waals surface area (Å²) in [5, 5.41) is 11.5. The van der Waals surface area contributed by atoms with Crippen LogP contribution in [0.4, 0.5) is 0 Å². The zero-order valence-corrected chi connectivity index (χ0v) is 5.97. The second-order valence-electron chi connectivity index (χ2n) is 2.42. The zero-order chi connectivity index (χ0) is 7.97. The SMILES string of the molecule is c1ncc2c(n1)[nH]n1cnnc21. The maximum atomic E-state index is 4.04. The highest BCUT2D eigenvalue weighted by Gasteiger charge is 2.04. The van der Waals surface area contributed by atoms with Crippen molar-refractivity contribution < 1.29 is 0 Å². The molecule has 3 aromatic rings. The second kappa shape index (κ2) is 1.79. The molecule has 0 amide bonds. The fourth-order valence-corrected chi connectivity index (χ4v) is 1.20. The number of fused-ring (bicyclic) bond motifs is 3. The summed E-state index contributed by atoms with van der Waals surface area (Å²) in [7, 11) is 0. The van der Waals surface area contributed by atoms with Gasteiger partial charge in [0.2, 0.25) is 0 Å². The van der Waals surface area contributed by atoms with Gasteiger partial charge in [0, 0.05) is 6.20 Å². The number of rotatable bonds is 0. The monoisotopic (exact) mass is 160 g/mol. The Bertz CT molecular complexity index is 534. The van der Waals surface area contributed by atoms with Gasteiger partial charge in [-0.15, -0.1) is 10.2 Å². The largest absolute Gasteiger partial charge is 0.274 e. The third-order valence-electron chi connectivity index (χ3n) is 1.73. The van der Waals surface area contributed by atoms with E-state index in [1.54, 1.807) is 17.0 Å². The van der Waals surface area contributed by atoms with E-state index < -0.39 is 0 Å². The summed E-state index contributed by atoms with van der Waals surface area (Å²) < 4.78 is 1.71. The molecule has 12 heavy (non-hydrogen) atoms. The molecular formula is C6H4N6. The van der Waals surface area contributed by atoms with Gasteiger partial charge in [0.05, 0.1) is 5.39 Å². The third kappa shape index (κ3) is 0.541. The normalized spacial score (nSPS) is 11.3. The van der Waals surface area contributed by atoms with Gasteiger partial charge in [-0.05, 0) is 0 Å². The molecule has 0 fully saturated rings. The summed E-state index contributed by atoms with van der Waals surface area (Å²) >= 11 is 0. The molecular weight excluding hydrogens is 156 g/mol. The van der Waals surface area contributed by atoms with Gasteiger partial charge in [0.25, 0.3) is 0 Å². The Balaban J connectivity index is 2.68. The van der Waals surface area contributed by atoms with Crippen molar-refractivity contribution in [2.24, 2.45) is 0 Å². The number of hydrogen-bond acceptors (Lipinski definition) is 4. The van der Waals surface area contributed by atoms with Gasteiger partial charge in [-0.25, -0.2) is 14.5 Å². The topological polar surface area (TPSA) is 71.8 Å². The summed E-state index contributed by atoms with van der Waals surface area (Å²) in [4.78, 5) is 7.94. The lowest BCUT2D eigenvalue weighted by atomic mass is 10.4. The second-order valence-corrected chi connectivity index (χ2v) is 2.42. The van der Waals surface area contributed by atoms with Crippen LogP contribution in [0, 0.1) is 0 Å². The van der Waals surface area contributed by atoms with E-state index >= 15 is 0 Å². The average molecular weight is 160 g/mol. The average Bonchev–Trinajstić information content (AvgIpc) is 2.62. The van der Waals surface area contributed by atoms with Crippen LogP contribution < -0.4 is 0 Å². The number of nitrogens with one attached hydrogen (secondary N) is 1. The van der Waals surface area contributed by atoms with Crippen molar-refractivity contribution in [1.82, 2.24) is 29.8 Å². The zero-order valence-electron chi connectivity index (χ0n) is 5.97. The third-order valence-corrected chi connectivity index (χ3v) is 1.73. The van der Waals surface area contributed by atoms with Crippen molar-refractivity contribution >= 4 is 16.7 Å². The lowest BCUT2D eigenvalue weighted by molar-refractivity contribution is 0.962. The Morgan fingerprint density at radius 2 is 2.42 bits per heavy atom. The van der Waals surface area contributed by atoms with Gasteiger partial charge >= 0.3 is 0 Å². The van der Waals surface area contributed by atoms with Gasteiger partial charge < -0.3 is 0 Å². The predicted molar refractivity (Wildman–Crippen MR) is 40.4 cm³/mol. The van der Waals surface area contributed by atoms with Crippen molar-refractivity contribution in [3.8, 4) is 0 Å². The van der Waals surface area contributed by atoms with Crippen molar-refractivity contribution in [2.45, 2.75) is 0 Å². The number of H-pyrrole nitrogens is 1. The lowest BCUT2D eigenvalue weighted by Gasteiger charge is -1.81. The fourth-order valence-electron chi connectivity index (χ4n) is 1.20. The van der Waals surface area contributed by atoms with E-state index in [-0.39, 0.29) is 0 Å². The molecule has 3 rings (SSSR count). The maximum Gasteiger partial charge on any atom is 0.188 e. The van der Waals surface area contributed by atoms with Gasteiger partial charge in [-0.3, -0.25) is 5.10 Å². The molecule has 6 heteroatoms. The maximum absolute atomic E-state index is 4.04. The minimum atomic E-state index is 0.755. The first-order valence-corrected chi connectivity index (χ1v) is 3.42. The molecule has 3 heterocycles. The lowest BCUT2D eigenvalue weighted by Crippen LogP contribution is -1.80. The van der Waals surface area contributed by atoms with E-state index in [0.717, 1.165) is 16.7 Å². The van der Waals surface area contributed by atoms with Gasteiger partial charge in [0.1, 0.15) is 12.7 Å². The molecule has 0 bridgehead atoms. The summed E-state index contributed by atoms with van der Waals surface area (Å²) in [5.41, 5.74) is 1.53. The Morgan fingerprint density at radius 1 is 1.42 bits per heavy atom. The quantitative estimate of drug-likeness (QED) is 0.502. The Hall–Kier alpha value is -1.98. The molecule has 0 radical (unpaired) electrons. The Labute approximate surface area is 66.3 Å². The molecule has 0 unspecified atom stereocenters. The van der Waals surface area contributed by atoms with E-state index in [1.807, 2.05) is 0 Å². The number of aromatic nitrogens is 6. The van der Waals surface area contributed by atoms with Crippen LogP contribution in [0.15, 0.2) is 18.9 Å². The number of nitrogens with zero attached hydrogens (tertiary/aromatic N) is 5. The van der Waals surface area contributed by atoms with Crippen LogP contribution in [0.2, 0.25) is 0 Å². The van der Waals surface area contributed by atoms with Crippen LogP contribution in [0.5, 0.6) is 0 Å². The van der Waals surface area contributed by atoms with Crippen molar-refractivity contribution in [3.05, 3.63) is 18.9 Å². The van der Waals surface area contributed by atoms with E-state index in [0.29, 0.717) is 0 Å². The van der Waals surface area contributed by atoms with Crippen LogP contribution in [0.25, 0.3) is 16.7 Å². The smallest absolute Gasteiger partial charge is 0.188 e. The fraction of sp³-hybridized carbons (Fsp3) is 0. The molecule has 0 aromatic carbocycles. The first-order valence-electron chi connectivity index (χ1n) is 3.42. The first-order chi connectivity index (χ1) is 5.95. The molecule has 0 saturated carbocycles. The predicted octanol–water partition coefficient (Wildman–Crippen LogP) is 0.000600. The molecule has 6 nitrogen and oxygen atoms in total. The van der Waals surface area contributed by atoms with Crippen molar-refractivity contribution in [2.75, 3.05) is 0 Å². The van der Waals surface area contributed by atoms with Gasteiger partial charge in [-0.2, -0.15) is 0 Å². The Morgan fingerprint density at radius 3 is 3.42 bits per heavy atom. The summed E-state index contributed by atoms with van der Waals surface area (Å²) in [6.07, 6.45) is 4.80. The molecule has 58 valence electrons. The van der Waals surface area contributed by atoms with E-state index in [1.165, 1.54) is 6.33 Å². The molecule has 0 aliphatic heterocycles. The van der Waals surface area contributed by atoms with Crippen LogP contribution in [0.1, 0.15) is 0 Å². The van der Waals surface area contributed by atoms with E-state index in [2.05, 4.69) is 25.3 Å². The number of hydrogen-bond donors (Lipinski definition) is 1. The molecule has 0 aliphatic carbocycles. The summed E-state index contributed by atoms with van der Waals surface area (Å²) in [5.74, 6) is 0. The molecule has 1 N–H and O–H groups in total. The molecule has 0 saturated heterocycles. The van der Waals surface area contributed by atoms with Crippen LogP contribution in [-0.4, -0.2) is 29.8 Å². The minimum Gasteiger partial charge on any atom is -0.274 e. The van der Waals surface area contributed by atoms with Crippen LogP contribution >= 0.6 is 0 Å². The molecule has 3 aromatic heterocycles. The highest BCUT2D eigenvalue weighted by atomic mass is 15.4. The van der Waals surface area contributed by atoms with E-state index in [4.69, 9.17) is 0 Å². The molecule has 0 atom stereocenters. The Kier molecular flexibility index (Phi) is 0.840. The van der Waals surface area contributed by atoms with Crippen LogP contribution in [0.3, 0.4) is 0 Å². The standard InChI is InChI=1S/C6H4N6/c1-4-5(8-2-7-1)11-12-3-9-10-6(4)12/h1-3H,(H,7,8,11). The summed E-state index contributed by atoms with van der Waals surface area (Å²) in [6, 6.07) is 0. The highest BCUT2D eigenvalue weighted by molar-refractivity contribution is 5.88. The minimum absolute atomic E-state index is 0.755.